The topological polar surface area (TPSA) is 76.2 Å². The fourth-order valence-electron chi connectivity index (χ4n) is 1.19. The number of H-pyrrole nitrogens is 1. The first kappa shape index (κ1) is 8.19. The van der Waals surface area contributed by atoms with Crippen LogP contribution >= 0.6 is 0 Å². The number of aromatic nitrogens is 2. The number of rotatable bonds is 1. The van der Waals surface area contributed by atoms with Gasteiger partial charge in [-0.2, -0.15) is 0 Å². The summed E-state index contributed by atoms with van der Waals surface area (Å²) in [7, 11) is 0. The molecule has 0 aliphatic heterocycles. The van der Waals surface area contributed by atoms with Gasteiger partial charge in [0.25, 0.3) is 5.69 Å². The molecule has 2 aromatic rings. The number of nitrogens with one attached hydrogen (secondary N) is 1. The van der Waals surface area contributed by atoms with Crippen molar-refractivity contribution in [3.8, 4) is 0 Å². The summed E-state index contributed by atoms with van der Waals surface area (Å²) in [5.74, 6) is 0. The fraction of sp³-hybridized carbons (Fsp3) is 0. The van der Waals surface area contributed by atoms with Crippen molar-refractivity contribution in [2.24, 2.45) is 0 Å². The van der Waals surface area contributed by atoms with Crippen molar-refractivity contribution >= 4 is 22.4 Å². The van der Waals surface area contributed by atoms with Gasteiger partial charge in [0.15, 0.2) is 0 Å². The lowest BCUT2D eigenvalue weighted by atomic mass is 10.3. The SMILES string of the molecule is [C-]#[N+]c1cnc2[nH]cc([N+](=O)[O-])c2c1. The van der Waals surface area contributed by atoms with Gasteiger partial charge in [0, 0.05) is 6.20 Å². The predicted octanol–water partition coefficient (Wildman–Crippen LogP) is 2.02. The van der Waals surface area contributed by atoms with Crippen LogP contribution in [-0.2, 0) is 0 Å². The van der Waals surface area contributed by atoms with Crippen LogP contribution in [-0.4, -0.2) is 14.9 Å². The Morgan fingerprint density at radius 3 is 3.07 bits per heavy atom. The van der Waals surface area contributed by atoms with Gasteiger partial charge in [-0.3, -0.25) is 10.1 Å². The number of fused-ring (bicyclic) bond motifs is 1. The first-order chi connectivity index (χ1) is 6.72. The molecule has 14 heavy (non-hydrogen) atoms. The minimum absolute atomic E-state index is 0.0574. The zero-order chi connectivity index (χ0) is 10.1. The van der Waals surface area contributed by atoms with Gasteiger partial charge < -0.3 is 4.98 Å². The second-order valence-corrected chi connectivity index (χ2v) is 2.63. The maximum Gasteiger partial charge on any atom is 0.294 e. The van der Waals surface area contributed by atoms with Crippen molar-refractivity contribution in [1.29, 1.82) is 0 Å². The van der Waals surface area contributed by atoms with E-state index in [0.717, 1.165) is 0 Å². The minimum Gasteiger partial charge on any atom is -0.340 e. The second-order valence-electron chi connectivity index (χ2n) is 2.63. The molecule has 0 amide bonds. The Kier molecular flexibility index (Phi) is 1.65. The molecular formula is C8H4N4O2. The van der Waals surface area contributed by atoms with E-state index in [0.29, 0.717) is 16.7 Å². The number of hydrogen-bond acceptors (Lipinski definition) is 3. The van der Waals surface area contributed by atoms with E-state index < -0.39 is 4.92 Å². The molecule has 1 N–H and O–H groups in total. The van der Waals surface area contributed by atoms with Gasteiger partial charge in [0.2, 0.25) is 5.69 Å². The van der Waals surface area contributed by atoms with E-state index in [9.17, 15) is 10.1 Å². The summed E-state index contributed by atoms with van der Waals surface area (Å²) < 4.78 is 0. The summed E-state index contributed by atoms with van der Waals surface area (Å²) in [5, 5.41) is 10.9. The second kappa shape index (κ2) is 2.81. The lowest BCUT2D eigenvalue weighted by Gasteiger charge is -1.90. The maximum atomic E-state index is 10.6. The Morgan fingerprint density at radius 2 is 2.43 bits per heavy atom. The van der Waals surface area contributed by atoms with E-state index in [-0.39, 0.29) is 5.69 Å². The van der Waals surface area contributed by atoms with Crippen LogP contribution < -0.4 is 0 Å². The van der Waals surface area contributed by atoms with E-state index in [2.05, 4.69) is 14.8 Å². The monoisotopic (exact) mass is 188 g/mol. The molecule has 2 heterocycles. The number of nitrogens with zero attached hydrogens (tertiary/aromatic N) is 3. The molecule has 6 nitrogen and oxygen atoms in total. The molecule has 0 aliphatic rings. The molecule has 2 rings (SSSR count). The third kappa shape index (κ3) is 1.08. The molecule has 0 bridgehead atoms. The van der Waals surface area contributed by atoms with Gasteiger partial charge in [-0.1, -0.05) is 0 Å². The van der Waals surface area contributed by atoms with E-state index in [4.69, 9.17) is 6.57 Å². The summed E-state index contributed by atoms with van der Waals surface area (Å²) >= 11 is 0. The van der Waals surface area contributed by atoms with Gasteiger partial charge in [-0.05, 0) is 6.07 Å². The lowest BCUT2D eigenvalue weighted by Crippen LogP contribution is -1.84. The highest BCUT2D eigenvalue weighted by atomic mass is 16.6. The summed E-state index contributed by atoms with van der Waals surface area (Å²) in [6.45, 7) is 6.75. The Morgan fingerprint density at radius 1 is 1.64 bits per heavy atom. The van der Waals surface area contributed by atoms with Crippen LogP contribution in [0.1, 0.15) is 0 Å². The molecule has 0 spiro atoms. The highest BCUT2D eigenvalue weighted by Gasteiger charge is 2.14. The third-order valence-corrected chi connectivity index (χ3v) is 1.82. The van der Waals surface area contributed by atoms with Crippen LogP contribution in [0.15, 0.2) is 18.5 Å². The summed E-state index contributed by atoms with van der Waals surface area (Å²) in [6.07, 6.45) is 2.64. The lowest BCUT2D eigenvalue weighted by molar-refractivity contribution is -0.383. The van der Waals surface area contributed by atoms with Crippen molar-refractivity contribution in [3.63, 3.8) is 0 Å². The molecule has 0 saturated heterocycles. The molecule has 0 radical (unpaired) electrons. The van der Waals surface area contributed by atoms with Crippen LogP contribution in [0.4, 0.5) is 11.4 Å². The van der Waals surface area contributed by atoms with E-state index in [1.54, 1.807) is 0 Å². The van der Waals surface area contributed by atoms with E-state index in [1.165, 1.54) is 18.5 Å². The maximum absolute atomic E-state index is 10.6. The number of pyridine rings is 1. The molecule has 2 aromatic heterocycles. The van der Waals surface area contributed by atoms with Crippen molar-refractivity contribution in [2.75, 3.05) is 0 Å². The van der Waals surface area contributed by atoms with Crippen molar-refractivity contribution < 1.29 is 4.92 Å². The molecule has 0 saturated carbocycles. The molecule has 0 atom stereocenters. The summed E-state index contributed by atoms with van der Waals surface area (Å²) in [4.78, 5) is 19.7. The quantitative estimate of drug-likeness (QED) is 0.422. The summed E-state index contributed by atoms with van der Waals surface area (Å²) in [6, 6.07) is 1.45. The Labute approximate surface area is 78.2 Å². The molecule has 6 heteroatoms. The summed E-state index contributed by atoms with van der Waals surface area (Å²) in [5.41, 5.74) is 0.655. The van der Waals surface area contributed by atoms with Crippen LogP contribution in [0.2, 0.25) is 0 Å². The van der Waals surface area contributed by atoms with Gasteiger partial charge in [-0.15, -0.1) is 0 Å². The standard InChI is InChI=1S/C8H4N4O2/c1-9-5-2-6-7(12(13)14)4-11-8(6)10-3-5/h2-4H,(H,10,11). The Hall–Kier alpha value is -2.42. The zero-order valence-electron chi connectivity index (χ0n) is 6.89. The largest absolute Gasteiger partial charge is 0.340 e. The number of nitro groups is 1. The smallest absolute Gasteiger partial charge is 0.294 e. The molecule has 0 unspecified atom stereocenters. The average Bonchev–Trinajstić information content (AvgIpc) is 2.59. The molecule has 68 valence electrons. The minimum atomic E-state index is -0.506. The van der Waals surface area contributed by atoms with E-state index in [1.807, 2.05) is 0 Å². The van der Waals surface area contributed by atoms with Crippen LogP contribution in [0, 0.1) is 16.7 Å². The first-order valence-corrected chi connectivity index (χ1v) is 3.71. The van der Waals surface area contributed by atoms with Gasteiger partial charge in [0.1, 0.15) is 5.65 Å². The number of aromatic amines is 1. The van der Waals surface area contributed by atoms with Crippen molar-refractivity contribution in [1.82, 2.24) is 9.97 Å². The Bertz CT molecular complexity index is 552. The predicted molar refractivity (Wildman–Crippen MR) is 49.0 cm³/mol. The van der Waals surface area contributed by atoms with Gasteiger partial charge >= 0.3 is 0 Å². The van der Waals surface area contributed by atoms with Gasteiger partial charge in [0.05, 0.1) is 23.1 Å². The van der Waals surface area contributed by atoms with Crippen LogP contribution in [0.3, 0.4) is 0 Å². The van der Waals surface area contributed by atoms with Crippen molar-refractivity contribution in [3.05, 3.63) is 40.0 Å². The molecule has 0 aromatic carbocycles. The highest BCUT2D eigenvalue weighted by Crippen LogP contribution is 2.26. The van der Waals surface area contributed by atoms with Gasteiger partial charge in [-0.25, -0.2) is 9.83 Å². The van der Waals surface area contributed by atoms with E-state index >= 15 is 0 Å². The number of hydrogen-bond donors (Lipinski definition) is 1. The first-order valence-electron chi connectivity index (χ1n) is 3.71. The average molecular weight is 188 g/mol. The molecule has 0 fully saturated rings. The Balaban J connectivity index is 2.77. The normalized spacial score (nSPS) is 9.93. The highest BCUT2D eigenvalue weighted by molar-refractivity contribution is 5.88. The molecule has 0 aliphatic carbocycles. The van der Waals surface area contributed by atoms with Crippen LogP contribution in [0.25, 0.3) is 15.9 Å². The zero-order valence-corrected chi connectivity index (χ0v) is 6.89. The third-order valence-electron chi connectivity index (χ3n) is 1.82. The van der Waals surface area contributed by atoms with Crippen molar-refractivity contribution in [2.45, 2.75) is 0 Å². The van der Waals surface area contributed by atoms with Crippen LogP contribution in [0.5, 0.6) is 0 Å². The molecular weight excluding hydrogens is 184 g/mol. The fourth-order valence-corrected chi connectivity index (χ4v) is 1.19.